The minimum atomic E-state index is -4.52. The lowest BCUT2D eigenvalue weighted by atomic mass is 10.1. The molecule has 1 heterocycles. The summed E-state index contributed by atoms with van der Waals surface area (Å²) in [4.78, 5) is 7.99. The van der Waals surface area contributed by atoms with Gasteiger partial charge in [-0.1, -0.05) is 11.6 Å². The van der Waals surface area contributed by atoms with Crippen molar-refractivity contribution in [2.24, 2.45) is 0 Å². The summed E-state index contributed by atoms with van der Waals surface area (Å²) in [6.45, 7) is 5.84. The maximum Gasteiger partial charge on any atom is 0.418 e. The van der Waals surface area contributed by atoms with Crippen molar-refractivity contribution in [1.29, 1.82) is 0 Å². The normalized spacial score (nSPS) is 12.1. The van der Waals surface area contributed by atoms with Crippen LogP contribution in [0.25, 0.3) is 0 Å². The molecule has 124 valence electrons. The smallest absolute Gasteiger partial charge is 0.365 e. The first-order valence-corrected chi connectivity index (χ1v) is 7.16. The molecule has 0 amide bonds. The Labute approximate surface area is 137 Å². The van der Waals surface area contributed by atoms with E-state index in [1.54, 1.807) is 6.07 Å². The average Bonchev–Trinajstić information content (AvgIpc) is 2.38. The van der Waals surface area contributed by atoms with Crippen LogP contribution in [0.15, 0.2) is 30.6 Å². The molecule has 4 nitrogen and oxygen atoms in total. The molecule has 23 heavy (non-hydrogen) atoms. The Morgan fingerprint density at radius 1 is 1.00 bits per heavy atom. The number of anilines is 3. The summed E-state index contributed by atoms with van der Waals surface area (Å²) in [5, 5.41) is 5.80. The quantitative estimate of drug-likeness (QED) is 0.813. The van der Waals surface area contributed by atoms with Crippen molar-refractivity contribution in [3.05, 3.63) is 41.2 Å². The van der Waals surface area contributed by atoms with Crippen molar-refractivity contribution in [2.45, 2.75) is 32.5 Å². The molecule has 0 aliphatic rings. The fourth-order valence-corrected chi connectivity index (χ4v) is 2.05. The molecule has 0 saturated carbocycles. The molecule has 0 aliphatic heterocycles. The fraction of sp³-hybridized carbons (Fsp3) is 0.333. The molecule has 0 spiro atoms. The lowest BCUT2D eigenvalue weighted by molar-refractivity contribution is -0.136. The van der Waals surface area contributed by atoms with Crippen LogP contribution in [0, 0.1) is 0 Å². The molecule has 2 rings (SSSR count). The second-order valence-corrected chi connectivity index (χ2v) is 6.41. The number of hydrogen-bond donors (Lipinski definition) is 2. The summed E-state index contributed by atoms with van der Waals surface area (Å²) in [5.74, 6) is 0.761. The minimum Gasteiger partial charge on any atom is -0.365 e. The molecule has 0 fully saturated rings. The van der Waals surface area contributed by atoms with Crippen molar-refractivity contribution in [3.8, 4) is 0 Å². The summed E-state index contributed by atoms with van der Waals surface area (Å²) in [7, 11) is 0. The highest BCUT2D eigenvalue weighted by Gasteiger charge is 2.34. The molecule has 8 heteroatoms. The highest BCUT2D eigenvalue weighted by Crippen LogP contribution is 2.37. The highest BCUT2D eigenvalue weighted by molar-refractivity contribution is 6.30. The molecular formula is C15H16ClF3N4. The number of nitrogens with one attached hydrogen (secondary N) is 2. The Kier molecular flexibility index (Phi) is 4.70. The van der Waals surface area contributed by atoms with Gasteiger partial charge >= 0.3 is 6.18 Å². The van der Waals surface area contributed by atoms with Crippen LogP contribution in [0.4, 0.5) is 30.5 Å². The van der Waals surface area contributed by atoms with Crippen LogP contribution in [0.3, 0.4) is 0 Å². The van der Waals surface area contributed by atoms with E-state index in [2.05, 4.69) is 20.6 Å². The molecule has 2 aromatic rings. The predicted octanol–water partition coefficient (Wildman–Crippen LogP) is 5.10. The number of aromatic nitrogens is 2. The third-order valence-corrected chi connectivity index (χ3v) is 2.96. The van der Waals surface area contributed by atoms with Crippen LogP contribution < -0.4 is 10.6 Å². The van der Waals surface area contributed by atoms with E-state index in [4.69, 9.17) is 11.6 Å². The van der Waals surface area contributed by atoms with Crippen molar-refractivity contribution in [2.75, 3.05) is 10.6 Å². The van der Waals surface area contributed by atoms with Gasteiger partial charge in [-0.2, -0.15) is 13.2 Å². The standard InChI is InChI=1S/C15H16ClF3N4/c1-14(2,3)23-13-7-12(20-8-21-13)22-11-5-4-9(16)6-10(11)15(17,18)19/h4-8H,1-3H3,(H2,20,21,22,23). The third kappa shape index (κ3) is 4.99. The van der Waals surface area contributed by atoms with Gasteiger partial charge in [-0.3, -0.25) is 0 Å². The third-order valence-electron chi connectivity index (χ3n) is 2.72. The Morgan fingerprint density at radius 2 is 1.65 bits per heavy atom. The largest absolute Gasteiger partial charge is 0.418 e. The van der Waals surface area contributed by atoms with Crippen molar-refractivity contribution >= 4 is 28.9 Å². The van der Waals surface area contributed by atoms with Crippen LogP contribution in [0.5, 0.6) is 0 Å². The number of rotatable bonds is 3. The van der Waals surface area contributed by atoms with Crippen molar-refractivity contribution < 1.29 is 13.2 Å². The Bertz CT molecular complexity index is 696. The predicted molar refractivity (Wildman–Crippen MR) is 85.1 cm³/mol. The SMILES string of the molecule is CC(C)(C)Nc1cc(Nc2ccc(Cl)cc2C(F)(F)F)ncn1. The van der Waals surface area contributed by atoms with Gasteiger partial charge in [0.1, 0.15) is 18.0 Å². The van der Waals surface area contributed by atoms with E-state index in [1.165, 1.54) is 18.5 Å². The van der Waals surface area contributed by atoms with Gasteiger partial charge < -0.3 is 10.6 Å². The van der Waals surface area contributed by atoms with Crippen LogP contribution in [-0.2, 0) is 6.18 Å². The Hall–Kier alpha value is -2.02. The van der Waals surface area contributed by atoms with Gasteiger partial charge in [0.05, 0.1) is 11.3 Å². The molecule has 0 saturated heterocycles. The average molecular weight is 345 g/mol. The summed E-state index contributed by atoms with van der Waals surface area (Å²) in [5.41, 5.74) is -1.21. The van der Waals surface area contributed by atoms with E-state index in [0.29, 0.717) is 5.82 Å². The molecule has 0 unspecified atom stereocenters. The molecule has 1 aromatic heterocycles. The number of hydrogen-bond acceptors (Lipinski definition) is 4. The van der Waals surface area contributed by atoms with Gasteiger partial charge in [-0.05, 0) is 39.0 Å². The second-order valence-electron chi connectivity index (χ2n) is 5.98. The molecule has 0 atom stereocenters. The molecule has 1 aromatic carbocycles. The van der Waals surface area contributed by atoms with Crippen molar-refractivity contribution in [1.82, 2.24) is 9.97 Å². The highest BCUT2D eigenvalue weighted by atomic mass is 35.5. The number of nitrogens with zero attached hydrogens (tertiary/aromatic N) is 2. The van der Waals surface area contributed by atoms with E-state index in [-0.39, 0.29) is 22.1 Å². The Morgan fingerprint density at radius 3 is 2.26 bits per heavy atom. The van der Waals surface area contributed by atoms with E-state index in [1.807, 2.05) is 20.8 Å². The van der Waals surface area contributed by atoms with Crippen LogP contribution in [0.1, 0.15) is 26.3 Å². The van der Waals surface area contributed by atoms with Crippen LogP contribution in [-0.4, -0.2) is 15.5 Å². The van der Waals surface area contributed by atoms with E-state index >= 15 is 0 Å². The van der Waals surface area contributed by atoms with Gasteiger partial charge in [0.2, 0.25) is 0 Å². The monoisotopic (exact) mass is 344 g/mol. The van der Waals surface area contributed by atoms with E-state index in [9.17, 15) is 13.2 Å². The van der Waals surface area contributed by atoms with E-state index in [0.717, 1.165) is 6.07 Å². The molecular weight excluding hydrogens is 329 g/mol. The Balaban J connectivity index is 2.31. The lowest BCUT2D eigenvalue weighted by Crippen LogP contribution is -2.26. The van der Waals surface area contributed by atoms with Crippen LogP contribution >= 0.6 is 11.6 Å². The molecule has 0 aliphatic carbocycles. The molecule has 2 N–H and O–H groups in total. The topological polar surface area (TPSA) is 49.8 Å². The zero-order valence-electron chi connectivity index (χ0n) is 12.8. The van der Waals surface area contributed by atoms with Gasteiger partial charge in [-0.15, -0.1) is 0 Å². The summed E-state index contributed by atoms with van der Waals surface area (Å²) >= 11 is 5.66. The van der Waals surface area contributed by atoms with Gasteiger partial charge in [0, 0.05) is 16.6 Å². The summed E-state index contributed by atoms with van der Waals surface area (Å²) in [6, 6.07) is 5.07. The lowest BCUT2D eigenvalue weighted by Gasteiger charge is -2.21. The van der Waals surface area contributed by atoms with E-state index < -0.39 is 11.7 Å². The number of benzene rings is 1. The summed E-state index contributed by atoms with van der Waals surface area (Å²) in [6.07, 6.45) is -3.24. The molecule has 0 bridgehead atoms. The minimum absolute atomic E-state index is 0.0145. The fourth-order valence-electron chi connectivity index (χ4n) is 1.88. The van der Waals surface area contributed by atoms with Gasteiger partial charge in [0.25, 0.3) is 0 Å². The molecule has 0 radical (unpaired) electrons. The zero-order valence-corrected chi connectivity index (χ0v) is 13.5. The first-order chi connectivity index (χ1) is 10.5. The van der Waals surface area contributed by atoms with Gasteiger partial charge in [0.15, 0.2) is 0 Å². The first kappa shape index (κ1) is 17.3. The van der Waals surface area contributed by atoms with Gasteiger partial charge in [-0.25, -0.2) is 9.97 Å². The zero-order chi connectivity index (χ0) is 17.3. The first-order valence-electron chi connectivity index (χ1n) is 6.78. The number of alkyl halides is 3. The number of halogens is 4. The maximum absolute atomic E-state index is 13.1. The van der Waals surface area contributed by atoms with Crippen LogP contribution in [0.2, 0.25) is 5.02 Å². The van der Waals surface area contributed by atoms with Crippen molar-refractivity contribution in [3.63, 3.8) is 0 Å². The second kappa shape index (κ2) is 6.23. The maximum atomic E-state index is 13.1. The summed E-state index contributed by atoms with van der Waals surface area (Å²) < 4.78 is 39.3.